The van der Waals surface area contributed by atoms with E-state index in [1.807, 2.05) is 0 Å². The van der Waals surface area contributed by atoms with Gasteiger partial charge in [0.05, 0.1) is 0 Å². The first-order chi connectivity index (χ1) is 25.1. The second kappa shape index (κ2) is 57.5. The van der Waals surface area contributed by atoms with Gasteiger partial charge in [-0.1, -0.05) is 207 Å². The largest absolute Gasteiger partial charge is 0.550 e. The molecule has 8 nitrogen and oxygen atoms in total. The average molecular weight is 948 g/mol. The van der Waals surface area contributed by atoms with Crippen molar-refractivity contribution in [3.05, 3.63) is 0 Å². The predicted molar refractivity (Wildman–Crippen MR) is 215 cm³/mol. The summed E-state index contributed by atoms with van der Waals surface area (Å²) in [4.78, 5) is 40.2. The summed E-state index contributed by atoms with van der Waals surface area (Å²) in [7, 11) is 0. The molecule has 0 N–H and O–H groups in total. The zero-order chi connectivity index (χ0) is 39.8. The van der Waals surface area contributed by atoms with Crippen molar-refractivity contribution in [2.24, 2.45) is 0 Å². The molecule has 0 aliphatic carbocycles. The van der Waals surface area contributed by atoms with E-state index in [2.05, 4.69) is 27.7 Å². The molecular weight excluding hydrogens is 864 g/mol. The minimum Gasteiger partial charge on any atom is -0.550 e. The number of carboxylic acid groups (broad SMARTS) is 4. The van der Waals surface area contributed by atoms with Crippen LogP contribution in [0.1, 0.15) is 259 Å². The van der Waals surface area contributed by atoms with Gasteiger partial charge in [0.1, 0.15) is 0 Å². The van der Waals surface area contributed by atoms with Crippen LogP contribution in [-0.2, 0) is 19.2 Å². The maximum atomic E-state index is 10.1. The number of rotatable bonds is 36. The molecule has 0 saturated carbocycles. The van der Waals surface area contributed by atoms with Crippen molar-refractivity contribution in [3.8, 4) is 0 Å². The van der Waals surface area contributed by atoms with Crippen LogP contribution in [0, 0.1) is 0 Å². The van der Waals surface area contributed by atoms with Crippen molar-refractivity contribution in [1.29, 1.82) is 0 Å². The van der Waals surface area contributed by atoms with Gasteiger partial charge in [-0.2, -0.15) is 0 Å². The Morgan fingerprint density at radius 1 is 0.245 bits per heavy atom. The summed E-state index contributed by atoms with van der Waals surface area (Å²) < 4.78 is 0. The van der Waals surface area contributed by atoms with E-state index in [0.717, 1.165) is 51.4 Å². The van der Waals surface area contributed by atoms with Crippen LogP contribution >= 0.6 is 0 Å². The molecule has 0 fully saturated rings. The number of aliphatic carboxylic acids is 4. The third kappa shape index (κ3) is 80.4. The van der Waals surface area contributed by atoms with E-state index < -0.39 is 23.9 Å². The molecule has 0 saturated heterocycles. The van der Waals surface area contributed by atoms with E-state index in [1.54, 1.807) is 0 Å². The first-order valence-electron chi connectivity index (χ1n) is 21.9. The molecule has 9 heteroatoms. The van der Waals surface area contributed by atoms with Crippen LogP contribution in [0.2, 0.25) is 0 Å². The van der Waals surface area contributed by atoms with E-state index in [9.17, 15) is 39.6 Å². The molecule has 0 aliphatic heterocycles. The smallest absolute Gasteiger partial charge is 0.0414 e. The number of carbonyl (C=O) groups is 4. The van der Waals surface area contributed by atoms with Crippen LogP contribution in [0.4, 0.5) is 0 Å². The maximum absolute atomic E-state index is 10.1. The van der Waals surface area contributed by atoms with Crippen LogP contribution in [0.3, 0.4) is 0 Å². The first kappa shape index (κ1) is 61.0. The summed E-state index contributed by atoms with van der Waals surface area (Å²) in [6.45, 7) is 8.83. The molecular formula is C44H84O8Pb-4. The molecule has 53 heavy (non-hydrogen) atoms. The van der Waals surface area contributed by atoms with Crippen molar-refractivity contribution in [2.45, 2.75) is 259 Å². The average Bonchev–Trinajstić information content (AvgIpc) is 3.10. The fraction of sp³-hybridized carbons (Fsp3) is 0.909. The molecule has 0 aromatic rings. The van der Waals surface area contributed by atoms with Gasteiger partial charge in [-0.05, 0) is 51.4 Å². The number of carboxylic acids is 4. The second-order valence-corrected chi connectivity index (χ2v) is 14.4. The van der Waals surface area contributed by atoms with Gasteiger partial charge in [0.25, 0.3) is 0 Å². The van der Waals surface area contributed by atoms with Crippen molar-refractivity contribution < 1.29 is 39.6 Å². The molecule has 0 aromatic carbocycles. The van der Waals surface area contributed by atoms with Gasteiger partial charge < -0.3 is 39.6 Å². The van der Waals surface area contributed by atoms with Gasteiger partial charge in [-0.25, -0.2) is 0 Å². The minimum atomic E-state index is -0.911. The van der Waals surface area contributed by atoms with Crippen molar-refractivity contribution in [3.63, 3.8) is 0 Å². The Morgan fingerprint density at radius 3 is 0.472 bits per heavy atom. The predicted octanol–water partition coefficient (Wildman–Crippen LogP) is 8.69. The molecule has 0 bridgehead atoms. The zero-order valence-electron chi connectivity index (χ0n) is 35.2. The molecule has 0 atom stereocenters. The standard InChI is InChI=1S/4C11H22O2.Pb/c4*1-2-3-4-5-6-7-8-9-10-11(12)13;/h4*2-10H2,1H3,(H,12,13);/p-4. The summed E-state index contributed by atoms with van der Waals surface area (Å²) in [5, 5.41) is 40.2. The number of unbranched alkanes of at least 4 members (excludes halogenated alkanes) is 28. The van der Waals surface area contributed by atoms with Crippen LogP contribution in [-0.4, -0.2) is 51.2 Å². The SMILES string of the molecule is CCCCCCCCCCC(=O)[O-].CCCCCCCCCCC(=O)[O-].CCCCCCCCCCC(=O)[O-].CCCCCCCCCCC(=O)[O-].[Pb]. The Hall–Kier alpha value is -1.20. The van der Waals surface area contributed by atoms with Gasteiger partial charge in [-0.15, -0.1) is 0 Å². The van der Waals surface area contributed by atoms with Crippen LogP contribution < -0.4 is 20.4 Å². The summed E-state index contributed by atoms with van der Waals surface area (Å²) >= 11 is 0. The second-order valence-electron chi connectivity index (χ2n) is 14.4. The molecule has 316 valence electrons. The minimum absolute atomic E-state index is 0. The van der Waals surface area contributed by atoms with E-state index >= 15 is 0 Å². The van der Waals surface area contributed by atoms with E-state index in [1.165, 1.54) is 154 Å². The van der Waals surface area contributed by atoms with Crippen LogP contribution in [0.25, 0.3) is 0 Å². The topological polar surface area (TPSA) is 161 Å². The molecule has 4 radical (unpaired) electrons. The normalized spacial score (nSPS) is 10.0. The number of carbonyl (C=O) groups excluding carboxylic acids is 4. The van der Waals surface area contributed by atoms with Gasteiger partial charge in [0.15, 0.2) is 0 Å². The van der Waals surface area contributed by atoms with E-state index in [4.69, 9.17) is 0 Å². The molecule has 0 spiro atoms. The zero-order valence-corrected chi connectivity index (χ0v) is 39.1. The number of hydrogen-bond donors (Lipinski definition) is 0. The monoisotopic (exact) mass is 949 g/mol. The third-order valence-corrected chi connectivity index (χ3v) is 8.94. The van der Waals surface area contributed by atoms with Crippen molar-refractivity contribution in [2.75, 3.05) is 0 Å². The third-order valence-electron chi connectivity index (χ3n) is 8.94. The Morgan fingerprint density at radius 2 is 0.358 bits per heavy atom. The van der Waals surface area contributed by atoms with Crippen molar-refractivity contribution in [1.82, 2.24) is 0 Å². The van der Waals surface area contributed by atoms with Crippen molar-refractivity contribution >= 4 is 51.2 Å². The molecule has 0 heterocycles. The van der Waals surface area contributed by atoms with Crippen LogP contribution in [0.15, 0.2) is 0 Å². The molecule has 0 amide bonds. The van der Waals surface area contributed by atoms with E-state index in [0.29, 0.717) is 0 Å². The summed E-state index contributed by atoms with van der Waals surface area (Å²) in [6, 6.07) is 0. The molecule has 0 aliphatic rings. The fourth-order valence-corrected chi connectivity index (χ4v) is 5.61. The molecule has 0 rings (SSSR count). The first-order valence-corrected chi connectivity index (χ1v) is 21.9. The van der Waals surface area contributed by atoms with Gasteiger partial charge in [0, 0.05) is 51.2 Å². The van der Waals surface area contributed by atoms with Gasteiger partial charge in [0.2, 0.25) is 0 Å². The van der Waals surface area contributed by atoms with Crippen LogP contribution in [0.5, 0.6) is 0 Å². The molecule has 0 aromatic heterocycles. The Labute approximate surface area is 348 Å². The number of hydrogen-bond acceptors (Lipinski definition) is 8. The van der Waals surface area contributed by atoms with Gasteiger partial charge in [-0.3, -0.25) is 0 Å². The summed E-state index contributed by atoms with van der Waals surface area (Å²) in [5.41, 5.74) is 0. The molecule has 0 unspecified atom stereocenters. The maximum Gasteiger partial charge on any atom is 0.0414 e. The van der Waals surface area contributed by atoms with E-state index in [-0.39, 0.29) is 53.0 Å². The summed E-state index contributed by atoms with van der Waals surface area (Å²) in [5.74, 6) is -3.64. The van der Waals surface area contributed by atoms with Gasteiger partial charge >= 0.3 is 0 Å². The Balaban J connectivity index is -0.000000192. The quantitative estimate of drug-likeness (QED) is 0.0446. The Bertz CT molecular complexity index is 612. The fourth-order valence-electron chi connectivity index (χ4n) is 5.61. The summed E-state index contributed by atoms with van der Waals surface area (Å²) in [6.07, 6.45) is 39.0. The Kier molecular flexibility index (Phi) is 66.2.